The predicted molar refractivity (Wildman–Crippen MR) is 60.3 cm³/mol. The molecule has 1 amide bonds. The van der Waals surface area contributed by atoms with E-state index in [4.69, 9.17) is 5.11 Å². The van der Waals surface area contributed by atoms with Crippen LogP contribution in [0, 0.1) is 0 Å². The van der Waals surface area contributed by atoms with Crippen LogP contribution in [0.15, 0.2) is 18.3 Å². The summed E-state index contributed by atoms with van der Waals surface area (Å²) in [5, 5.41) is 14.5. The Bertz CT molecular complexity index is 377. The quantitative estimate of drug-likeness (QED) is 0.672. The first-order chi connectivity index (χ1) is 7.81. The van der Waals surface area contributed by atoms with Crippen LogP contribution in [0.4, 0.5) is 5.82 Å². The number of carbonyl (C=O) groups excluding carboxylic acids is 1. The van der Waals surface area contributed by atoms with E-state index in [1.54, 1.807) is 18.3 Å². The molecule has 1 aliphatic carbocycles. The molecule has 3 N–H and O–H groups in total. The van der Waals surface area contributed by atoms with Crippen molar-refractivity contribution in [2.45, 2.75) is 18.9 Å². The number of carbonyl (C=O) groups is 1. The molecular weight excluding hydrogens is 206 g/mol. The molecule has 2 rings (SSSR count). The average Bonchev–Trinajstić information content (AvgIpc) is 3.10. The van der Waals surface area contributed by atoms with Crippen LogP contribution in [0.2, 0.25) is 0 Å². The Morgan fingerprint density at radius 2 is 2.38 bits per heavy atom. The Morgan fingerprint density at radius 1 is 1.56 bits per heavy atom. The van der Waals surface area contributed by atoms with Gasteiger partial charge in [-0.1, -0.05) is 0 Å². The zero-order valence-corrected chi connectivity index (χ0v) is 8.94. The van der Waals surface area contributed by atoms with Gasteiger partial charge in [0, 0.05) is 18.8 Å². The molecule has 1 aromatic rings. The minimum absolute atomic E-state index is 0.0581. The summed E-state index contributed by atoms with van der Waals surface area (Å²) in [6.45, 7) is 0.202. The summed E-state index contributed by atoms with van der Waals surface area (Å²) in [4.78, 5) is 15.9. The third kappa shape index (κ3) is 2.70. The monoisotopic (exact) mass is 221 g/mol. The zero-order valence-electron chi connectivity index (χ0n) is 8.94. The van der Waals surface area contributed by atoms with Crippen LogP contribution in [-0.2, 0) is 0 Å². The molecule has 0 bridgehead atoms. The number of rotatable bonds is 5. The van der Waals surface area contributed by atoms with Gasteiger partial charge in [0.25, 0.3) is 5.91 Å². The maximum atomic E-state index is 11.7. The predicted octanol–water partition coefficient (Wildman–Crippen LogP) is 0.378. The minimum Gasteiger partial charge on any atom is -0.395 e. The first-order valence-electron chi connectivity index (χ1n) is 5.42. The number of nitrogens with one attached hydrogen (secondary N) is 2. The van der Waals surface area contributed by atoms with Crippen molar-refractivity contribution in [2.75, 3.05) is 18.5 Å². The number of aliphatic hydroxyl groups excluding tert-OH is 1. The van der Waals surface area contributed by atoms with Crippen LogP contribution >= 0.6 is 0 Å². The molecule has 5 heteroatoms. The van der Waals surface area contributed by atoms with Gasteiger partial charge in [-0.3, -0.25) is 4.79 Å². The summed E-state index contributed by atoms with van der Waals surface area (Å²) >= 11 is 0. The fraction of sp³-hybridized carbons (Fsp3) is 0.455. The number of nitrogens with zero attached hydrogens (tertiary/aromatic N) is 1. The molecule has 0 saturated heterocycles. The standard InChI is InChI=1S/C11H15N3O2/c15-7-6-13-11(16)9-2-1-5-12-10(9)14-8-3-4-8/h1-2,5,8,15H,3-4,6-7H2,(H,12,14)(H,13,16). The lowest BCUT2D eigenvalue weighted by Gasteiger charge is -2.09. The zero-order chi connectivity index (χ0) is 11.4. The fourth-order valence-electron chi connectivity index (χ4n) is 1.39. The molecule has 0 aromatic carbocycles. The highest BCUT2D eigenvalue weighted by atomic mass is 16.3. The van der Waals surface area contributed by atoms with E-state index in [0.29, 0.717) is 17.4 Å². The average molecular weight is 221 g/mol. The van der Waals surface area contributed by atoms with Gasteiger partial charge in [-0.15, -0.1) is 0 Å². The molecule has 0 aliphatic heterocycles. The fourth-order valence-corrected chi connectivity index (χ4v) is 1.39. The van der Waals surface area contributed by atoms with Gasteiger partial charge < -0.3 is 15.7 Å². The summed E-state index contributed by atoms with van der Waals surface area (Å²) < 4.78 is 0. The molecule has 1 saturated carbocycles. The summed E-state index contributed by atoms with van der Waals surface area (Å²) in [5.74, 6) is 0.422. The topological polar surface area (TPSA) is 74.2 Å². The number of aliphatic hydroxyl groups is 1. The molecule has 0 unspecified atom stereocenters. The van der Waals surface area contributed by atoms with Gasteiger partial charge in [-0.2, -0.15) is 0 Å². The van der Waals surface area contributed by atoms with E-state index in [-0.39, 0.29) is 19.1 Å². The van der Waals surface area contributed by atoms with Gasteiger partial charge in [0.2, 0.25) is 0 Å². The number of aromatic nitrogens is 1. The number of pyridine rings is 1. The van der Waals surface area contributed by atoms with Crippen molar-refractivity contribution in [3.8, 4) is 0 Å². The van der Waals surface area contributed by atoms with Crippen molar-refractivity contribution in [1.29, 1.82) is 0 Å². The lowest BCUT2D eigenvalue weighted by atomic mass is 10.2. The second-order valence-corrected chi connectivity index (χ2v) is 3.80. The first-order valence-corrected chi connectivity index (χ1v) is 5.42. The smallest absolute Gasteiger partial charge is 0.255 e. The Labute approximate surface area is 93.9 Å². The number of anilines is 1. The third-order valence-electron chi connectivity index (χ3n) is 2.37. The molecule has 1 aliphatic rings. The van der Waals surface area contributed by atoms with Crippen molar-refractivity contribution >= 4 is 11.7 Å². The molecule has 16 heavy (non-hydrogen) atoms. The van der Waals surface area contributed by atoms with E-state index in [9.17, 15) is 4.79 Å². The summed E-state index contributed by atoms with van der Waals surface area (Å²) in [5.41, 5.74) is 0.530. The molecule has 1 fully saturated rings. The molecule has 1 heterocycles. The first kappa shape index (κ1) is 10.9. The molecule has 86 valence electrons. The highest BCUT2D eigenvalue weighted by molar-refractivity contribution is 5.98. The SMILES string of the molecule is O=C(NCCO)c1cccnc1NC1CC1. The van der Waals surface area contributed by atoms with Crippen molar-refractivity contribution in [1.82, 2.24) is 10.3 Å². The van der Waals surface area contributed by atoms with Gasteiger partial charge in [0.15, 0.2) is 0 Å². The number of amides is 1. The second-order valence-electron chi connectivity index (χ2n) is 3.80. The third-order valence-corrected chi connectivity index (χ3v) is 2.37. The van der Waals surface area contributed by atoms with E-state index in [1.807, 2.05) is 0 Å². The Balaban J connectivity index is 2.08. The highest BCUT2D eigenvalue weighted by Crippen LogP contribution is 2.25. The van der Waals surface area contributed by atoms with Crippen molar-refractivity contribution in [3.05, 3.63) is 23.9 Å². The van der Waals surface area contributed by atoms with E-state index in [1.165, 1.54) is 0 Å². The van der Waals surface area contributed by atoms with Gasteiger partial charge in [0.1, 0.15) is 5.82 Å². The van der Waals surface area contributed by atoms with E-state index >= 15 is 0 Å². The number of hydrogen-bond acceptors (Lipinski definition) is 4. The van der Waals surface area contributed by atoms with Crippen LogP contribution in [-0.4, -0.2) is 35.2 Å². The summed E-state index contributed by atoms with van der Waals surface area (Å²) in [6, 6.07) is 3.91. The molecular formula is C11H15N3O2. The number of hydrogen-bond donors (Lipinski definition) is 3. The second kappa shape index (κ2) is 4.94. The molecule has 0 radical (unpaired) electrons. The van der Waals surface area contributed by atoms with Gasteiger partial charge in [-0.05, 0) is 25.0 Å². The minimum atomic E-state index is -0.203. The summed E-state index contributed by atoms with van der Waals surface area (Å²) in [7, 11) is 0. The Kier molecular flexibility index (Phi) is 3.36. The van der Waals surface area contributed by atoms with Crippen molar-refractivity contribution in [3.63, 3.8) is 0 Å². The molecule has 0 atom stereocenters. The largest absolute Gasteiger partial charge is 0.395 e. The maximum absolute atomic E-state index is 11.7. The van der Waals surface area contributed by atoms with Gasteiger partial charge >= 0.3 is 0 Å². The van der Waals surface area contributed by atoms with E-state index < -0.39 is 0 Å². The normalized spacial score (nSPS) is 14.6. The molecule has 1 aromatic heterocycles. The van der Waals surface area contributed by atoms with E-state index in [0.717, 1.165) is 12.8 Å². The van der Waals surface area contributed by atoms with E-state index in [2.05, 4.69) is 15.6 Å². The van der Waals surface area contributed by atoms with Crippen LogP contribution in [0.25, 0.3) is 0 Å². The van der Waals surface area contributed by atoms with Crippen molar-refractivity contribution < 1.29 is 9.90 Å². The summed E-state index contributed by atoms with van der Waals surface area (Å²) in [6.07, 6.45) is 3.93. The van der Waals surface area contributed by atoms with Crippen molar-refractivity contribution in [2.24, 2.45) is 0 Å². The highest BCUT2D eigenvalue weighted by Gasteiger charge is 2.23. The lowest BCUT2D eigenvalue weighted by molar-refractivity contribution is 0.0945. The Hall–Kier alpha value is -1.62. The van der Waals surface area contributed by atoms with Crippen LogP contribution in [0.1, 0.15) is 23.2 Å². The van der Waals surface area contributed by atoms with Crippen LogP contribution in [0.3, 0.4) is 0 Å². The molecule has 0 spiro atoms. The van der Waals surface area contributed by atoms with Gasteiger partial charge in [0.05, 0.1) is 12.2 Å². The Morgan fingerprint density at radius 3 is 3.06 bits per heavy atom. The van der Waals surface area contributed by atoms with Crippen LogP contribution < -0.4 is 10.6 Å². The lowest BCUT2D eigenvalue weighted by Crippen LogP contribution is -2.27. The maximum Gasteiger partial charge on any atom is 0.255 e. The van der Waals surface area contributed by atoms with Gasteiger partial charge in [-0.25, -0.2) is 4.98 Å². The van der Waals surface area contributed by atoms with Crippen LogP contribution in [0.5, 0.6) is 0 Å². The molecule has 5 nitrogen and oxygen atoms in total.